The summed E-state index contributed by atoms with van der Waals surface area (Å²) < 4.78 is 0. The minimum absolute atomic E-state index is 0.736. The van der Waals surface area contributed by atoms with E-state index in [1.165, 1.54) is 5.56 Å². The molecule has 2 rings (SSSR count). The number of aromatic nitrogens is 1. The second kappa shape index (κ2) is 9.53. The molecule has 4 nitrogen and oxygen atoms in total. The predicted molar refractivity (Wildman–Crippen MR) is 99.7 cm³/mol. The summed E-state index contributed by atoms with van der Waals surface area (Å²) in [5.74, 6) is 0.855. The molecule has 0 aliphatic carbocycles. The van der Waals surface area contributed by atoms with Gasteiger partial charge in [-0.2, -0.15) is 0 Å². The van der Waals surface area contributed by atoms with E-state index in [1.807, 2.05) is 19.1 Å². The van der Waals surface area contributed by atoms with Crippen molar-refractivity contribution >= 4 is 28.9 Å². The summed E-state index contributed by atoms with van der Waals surface area (Å²) in [5, 5.41) is 10.6. The van der Waals surface area contributed by atoms with E-state index in [4.69, 9.17) is 11.6 Å². The van der Waals surface area contributed by atoms with Crippen molar-refractivity contribution in [2.45, 2.75) is 26.7 Å². The topological polar surface area (TPSA) is 49.3 Å². The van der Waals surface area contributed by atoms with Crippen LogP contribution in [-0.2, 0) is 12.8 Å². The van der Waals surface area contributed by atoms with E-state index in [9.17, 15) is 0 Å². The van der Waals surface area contributed by atoms with Crippen LogP contribution in [0.3, 0.4) is 0 Å². The number of aryl methyl sites for hydroxylation is 1. The van der Waals surface area contributed by atoms with Gasteiger partial charge in [-0.3, -0.25) is 4.99 Å². The number of guanidine groups is 1. The Bertz CT molecular complexity index is 622. The normalized spacial score (nSPS) is 11.5. The van der Waals surface area contributed by atoms with Crippen LogP contribution in [0.2, 0.25) is 5.02 Å². The van der Waals surface area contributed by atoms with Gasteiger partial charge in [-0.25, -0.2) is 4.98 Å². The van der Waals surface area contributed by atoms with E-state index in [0.29, 0.717) is 0 Å². The minimum Gasteiger partial charge on any atom is -0.357 e. The molecule has 0 radical (unpaired) electrons. The molecule has 0 spiro atoms. The molecule has 2 aromatic rings. The maximum absolute atomic E-state index is 5.90. The SMILES string of the molecule is CCNC(=NCCc1csc(C)n1)NCCc1ccc(Cl)cc1. The largest absolute Gasteiger partial charge is 0.357 e. The van der Waals surface area contributed by atoms with Gasteiger partial charge in [0.1, 0.15) is 0 Å². The summed E-state index contributed by atoms with van der Waals surface area (Å²) in [6, 6.07) is 7.95. The Morgan fingerprint density at radius 3 is 2.65 bits per heavy atom. The van der Waals surface area contributed by atoms with E-state index < -0.39 is 0 Å². The zero-order chi connectivity index (χ0) is 16.5. The Kier molecular flexibility index (Phi) is 7.36. The molecule has 0 aliphatic rings. The zero-order valence-corrected chi connectivity index (χ0v) is 15.2. The van der Waals surface area contributed by atoms with Gasteiger partial charge in [-0.1, -0.05) is 23.7 Å². The highest BCUT2D eigenvalue weighted by atomic mass is 35.5. The predicted octanol–water partition coefficient (Wildman–Crippen LogP) is 3.45. The number of halogens is 1. The average Bonchev–Trinajstić information content (AvgIpc) is 2.95. The maximum atomic E-state index is 5.90. The molecular formula is C17H23ClN4S. The number of nitrogens with one attached hydrogen (secondary N) is 2. The monoisotopic (exact) mass is 350 g/mol. The van der Waals surface area contributed by atoms with Gasteiger partial charge < -0.3 is 10.6 Å². The Labute approximate surface area is 147 Å². The molecule has 0 bridgehead atoms. The third-order valence-electron chi connectivity index (χ3n) is 3.27. The van der Waals surface area contributed by atoms with E-state index in [0.717, 1.165) is 54.2 Å². The lowest BCUT2D eigenvalue weighted by Crippen LogP contribution is -2.38. The lowest BCUT2D eigenvalue weighted by molar-refractivity contribution is 0.795. The summed E-state index contributed by atoms with van der Waals surface area (Å²) >= 11 is 7.58. The van der Waals surface area contributed by atoms with Crippen LogP contribution in [0.1, 0.15) is 23.2 Å². The van der Waals surface area contributed by atoms with Crippen molar-refractivity contribution in [1.29, 1.82) is 0 Å². The van der Waals surface area contributed by atoms with Gasteiger partial charge in [-0.15, -0.1) is 11.3 Å². The fourth-order valence-electron chi connectivity index (χ4n) is 2.12. The molecule has 0 saturated heterocycles. The molecule has 23 heavy (non-hydrogen) atoms. The van der Waals surface area contributed by atoms with Crippen LogP contribution in [0.4, 0.5) is 0 Å². The molecular weight excluding hydrogens is 328 g/mol. The Hall–Kier alpha value is -1.59. The molecule has 6 heteroatoms. The van der Waals surface area contributed by atoms with Crippen molar-refractivity contribution in [2.24, 2.45) is 4.99 Å². The average molecular weight is 351 g/mol. The van der Waals surface area contributed by atoms with Gasteiger partial charge in [-0.05, 0) is 38.0 Å². The number of nitrogens with zero attached hydrogens (tertiary/aromatic N) is 2. The number of aliphatic imine (C=N–C) groups is 1. The molecule has 0 fully saturated rings. The first-order valence-corrected chi connectivity index (χ1v) is 9.10. The van der Waals surface area contributed by atoms with E-state index in [1.54, 1.807) is 11.3 Å². The van der Waals surface area contributed by atoms with E-state index >= 15 is 0 Å². The molecule has 0 unspecified atom stereocenters. The first kappa shape index (κ1) is 17.8. The van der Waals surface area contributed by atoms with Crippen molar-refractivity contribution in [3.63, 3.8) is 0 Å². The third kappa shape index (κ3) is 6.59. The van der Waals surface area contributed by atoms with Crippen LogP contribution in [0.25, 0.3) is 0 Å². The second-order valence-electron chi connectivity index (χ2n) is 5.17. The lowest BCUT2D eigenvalue weighted by Gasteiger charge is -2.11. The summed E-state index contributed by atoms with van der Waals surface area (Å²) in [4.78, 5) is 9.06. The van der Waals surface area contributed by atoms with Gasteiger partial charge in [0.15, 0.2) is 5.96 Å². The first-order chi connectivity index (χ1) is 11.2. The lowest BCUT2D eigenvalue weighted by atomic mass is 10.1. The summed E-state index contributed by atoms with van der Waals surface area (Å²) in [6.07, 6.45) is 1.81. The third-order valence-corrected chi connectivity index (χ3v) is 4.34. The Morgan fingerprint density at radius 2 is 2.00 bits per heavy atom. The molecule has 0 aliphatic heterocycles. The van der Waals surface area contributed by atoms with Crippen molar-refractivity contribution in [3.05, 3.63) is 50.9 Å². The van der Waals surface area contributed by atoms with Gasteiger partial charge in [0, 0.05) is 36.5 Å². The van der Waals surface area contributed by atoms with Gasteiger partial charge in [0.2, 0.25) is 0 Å². The van der Waals surface area contributed by atoms with E-state index in [2.05, 4.69) is 45.0 Å². The summed E-state index contributed by atoms with van der Waals surface area (Å²) in [5.41, 5.74) is 2.38. The number of benzene rings is 1. The number of hydrogen-bond acceptors (Lipinski definition) is 3. The van der Waals surface area contributed by atoms with Crippen LogP contribution >= 0.6 is 22.9 Å². The molecule has 0 amide bonds. The van der Waals surface area contributed by atoms with Crippen LogP contribution in [0.5, 0.6) is 0 Å². The van der Waals surface area contributed by atoms with Crippen molar-refractivity contribution in [1.82, 2.24) is 15.6 Å². The van der Waals surface area contributed by atoms with E-state index in [-0.39, 0.29) is 0 Å². The molecule has 0 saturated carbocycles. The Morgan fingerprint density at radius 1 is 1.22 bits per heavy atom. The fourth-order valence-corrected chi connectivity index (χ4v) is 2.90. The standard InChI is InChI=1S/C17H23ClN4S/c1-3-19-17(21-11-9-16-12-23-13(2)22-16)20-10-8-14-4-6-15(18)7-5-14/h4-7,12H,3,8-11H2,1-2H3,(H2,19,20,21). The molecule has 1 heterocycles. The molecule has 2 N–H and O–H groups in total. The molecule has 1 aromatic heterocycles. The quantitative estimate of drug-likeness (QED) is 0.594. The molecule has 1 aromatic carbocycles. The van der Waals surface area contributed by atoms with Crippen LogP contribution in [-0.4, -0.2) is 30.6 Å². The molecule has 124 valence electrons. The summed E-state index contributed by atoms with van der Waals surface area (Å²) in [7, 11) is 0. The fraction of sp³-hybridized carbons (Fsp3) is 0.412. The smallest absolute Gasteiger partial charge is 0.191 e. The second-order valence-corrected chi connectivity index (χ2v) is 6.67. The van der Waals surface area contributed by atoms with Crippen molar-refractivity contribution < 1.29 is 0 Å². The highest BCUT2D eigenvalue weighted by Gasteiger charge is 2.00. The van der Waals surface area contributed by atoms with Crippen molar-refractivity contribution in [2.75, 3.05) is 19.6 Å². The van der Waals surface area contributed by atoms with Crippen LogP contribution < -0.4 is 10.6 Å². The number of hydrogen-bond donors (Lipinski definition) is 2. The van der Waals surface area contributed by atoms with Crippen LogP contribution in [0, 0.1) is 6.92 Å². The van der Waals surface area contributed by atoms with Gasteiger partial charge in [0.05, 0.1) is 10.7 Å². The maximum Gasteiger partial charge on any atom is 0.191 e. The summed E-state index contributed by atoms with van der Waals surface area (Å²) in [6.45, 7) is 6.52. The number of thiazole rings is 1. The number of rotatable bonds is 7. The van der Waals surface area contributed by atoms with Crippen LogP contribution in [0.15, 0.2) is 34.6 Å². The Balaban J connectivity index is 1.77. The van der Waals surface area contributed by atoms with Crippen molar-refractivity contribution in [3.8, 4) is 0 Å². The van der Waals surface area contributed by atoms with Gasteiger partial charge >= 0.3 is 0 Å². The first-order valence-electron chi connectivity index (χ1n) is 7.85. The minimum atomic E-state index is 0.736. The zero-order valence-electron chi connectivity index (χ0n) is 13.6. The highest BCUT2D eigenvalue weighted by molar-refractivity contribution is 7.09. The molecule has 0 atom stereocenters. The highest BCUT2D eigenvalue weighted by Crippen LogP contribution is 2.09. The van der Waals surface area contributed by atoms with Gasteiger partial charge in [0.25, 0.3) is 0 Å².